The Morgan fingerprint density at radius 3 is 2.86 bits per heavy atom. The van der Waals surface area contributed by atoms with Crippen LogP contribution in [-0.2, 0) is 10.0 Å². The summed E-state index contributed by atoms with van der Waals surface area (Å²) in [7, 11) is -3.55. The molecule has 0 aliphatic heterocycles. The molecule has 0 aliphatic rings. The molecule has 0 fully saturated rings. The molecule has 14 heavy (non-hydrogen) atoms. The number of nitrogens with zero attached hydrogens (tertiary/aromatic N) is 2. The van der Waals surface area contributed by atoms with Crippen LogP contribution in [0.4, 0.5) is 5.95 Å². The zero-order chi connectivity index (χ0) is 10.0. The van der Waals surface area contributed by atoms with Crippen molar-refractivity contribution in [3.63, 3.8) is 0 Å². The molecule has 8 heteroatoms. The van der Waals surface area contributed by atoms with Gasteiger partial charge in [0.05, 0.1) is 0 Å². The van der Waals surface area contributed by atoms with Gasteiger partial charge >= 0.3 is 0 Å². The number of aromatic nitrogens is 4. The smallest absolute Gasteiger partial charge is 0.265 e. The molecule has 0 saturated heterocycles. The Kier molecular flexibility index (Phi) is 1.97. The van der Waals surface area contributed by atoms with Crippen molar-refractivity contribution in [3.05, 3.63) is 24.8 Å². The van der Waals surface area contributed by atoms with Crippen LogP contribution >= 0.6 is 0 Å². The van der Waals surface area contributed by atoms with E-state index in [0.717, 1.165) is 0 Å². The minimum absolute atomic E-state index is 0.0891. The summed E-state index contributed by atoms with van der Waals surface area (Å²) in [6.07, 6.45) is 4.11. The van der Waals surface area contributed by atoms with Gasteiger partial charge in [-0.15, -0.1) is 0 Å². The molecule has 0 atom stereocenters. The van der Waals surface area contributed by atoms with E-state index in [4.69, 9.17) is 0 Å². The van der Waals surface area contributed by atoms with Crippen LogP contribution in [0.1, 0.15) is 0 Å². The van der Waals surface area contributed by atoms with Crippen molar-refractivity contribution in [2.75, 3.05) is 4.72 Å². The Morgan fingerprint density at radius 2 is 2.29 bits per heavy atom. The molecule has 3 N–H and O–H groups in total. The van der Waals surface area contributed by atoms with Gasteiger partial charge in [-0.05, 0) is 6.07 Å². The summed E-state index contributed by atoms with van der Waals surface area (Å²) >= 11 is 0. The normalized spacial score (nSPS) is 11.4. The predicted octanol–water partition coefficient (Wildman–Crippen LogP) is -0.0664. The molecule has 2 aromatic heterocycles. The second kappa shape index (κ2) is 3.14. The number of anilines is 1. The van der Waals surface area contributed by atoms with Crippen LogP contribution in [0.25, 0.3) is 0 Å². The highest BCUT2D eigenvalue weighted by Gasteiger charge is 2.15. The molecule has 74 valence electrons. The highest BCUT2D eigenvalue weighted by atomic mass is 32.2. The Balaban J connectivity index is 2.27. The van der Waals surface area contributed by atoms with Gasteiger partial charge in [0.1, 0.15) is 11.2 Å². The molecule has 2 aromatic rings. The summed E-state index contributed by atoms with van der Waals surface area (Å²) in [6.45, 7) is 0. The number of hydrogen-bond donors (Lipinski definition) is 3. The first-order valence-corrected chi connectivity index (χ1v) is 5.18. The lowest BCUT2D eigenvalue weighted by Crippen LogP contribution is -2.13. The van der Waals surface area contributed by atoms with E-state index in [1.165, 1.54) is 24.8 Å². The maximum absolute atomic E-state index is 11.5. The average molecular weight is 213 g/mol. The fraction of sp³-hybridized carbons (Fsp3) is 0. The summed E-state index contributed by atoms with van der Waals surface area (Å²) < 4.78 is 25.3. The van der Waals surface area contributed by atoms with Crippen LogP contribution in [-0.4, -0.2) is 28.6 Å². The zero-order valence-electron chi connectivity index (χ0n) is 6.93. The van der Waals surface area contributed by atoms with Crippen LogP contribution in [0.15, 0.2) is 29.7 Å². The fourth-order valence-corrected chi connectivity index (χ4v) is 1.86. The van der Waals surface area contributed by atoms with Gasteiger partial charge in [-0.3, -0.25) is 0 Å². The highest BCUT2D eigenvalue weighted by molar-refractivity contribution is 7.92. The van der Waals surface area contributed by atoms with E-state index in [9.17, 15) is 8.42 Å². The maximum atomic E-state index is 11.5. The highest BCUT2D eigenvalue weighted by Crippen LogP contribution is 2.10. The van der Waals surface area contributed by atoms with Gasteiger partial charge in [-0.25, -0.2) is 18.2 Å². The molecule has 0 aliphatic carbocycles. The van der Waals surface area contributed by atoms with Crippen molar-refractivity contribution in [3.8, 4) is 0 Å². The second-order valence-electron chi connectivity index (χ2n) is 2.49. The summed E-state index contributed by atoms with van der Waals surface area (Å²) in [6, 6.07) is 1.44. The molecule has 0 spiro atoms. The zero-order valence-corrected chi connectivity index (χ0v) is 7.75. The molecule has 0 unspecified atom stereocenters. The van der Waals surface area contributed by atoms with Crippen molar-refractivity contribution in [1.82, 2.24) is 20.2 Å². The Hall–Kier alpha value is -1.83. The Labute approximate surface area is 79.6 Å². The number of sulfonamides is 1. The van der Waals surface area contributed by atoms with E-state index in [2.05, 4.69) is 24.9 Å². The molecular formula is C6H7N5O2S. The van der Waals surface area contributed by atoms with Crippen molar-refractivity contribution in [2.24, 2.45) is 0 Å². The summed E-state index contributed by atoms with van der Waals surface area (Å²) in [5.74, 6) is 0.0891. The summed E-state index contributed by atoms with van der Waals surface area (Å²) in [4.78, 5) is 6.44. The van der Waals surface area contributed by atoms with Gasteiger partial charge in [0.2, 0.25) is 5.95 Å². The lowest BCUT2D eigenvalue weighted by molar-refractivity contribution is 0.601. The third-order valence-corrected chi connectivity index (χ3v) is 2.86. The number of rotatable bonds is 3. The van der Waals surface area contributed by atoms with Crippen LogP contribution in [0.3, 0.4) is 0 Å². The molecule has 0 bridgehead atoms. The molecule has 0 amide bonds. The molecule has 2 rings (SSSR count). The first-order valence-electron chi connectivity index (χ1n) is 3.69. The number of H-pyrrole nitrogens is 2. The maximum Gasteiger partial charge on any atom is 0.265 e. The van der Waals surface area contributed by atoms with E-state index in [1.807, 2.05) is 0 Å². The first kappa shape index (κ1) is 8.75. The quantitative estimate of drug-likeness (QED) is 0.664. The Morgan fingerprint density at radius 1 is 1.43 bits per heavy atom. The molecule has 7 nitrogen and oxygen atoms in total. The van der Waals surface area contributed by atoms with Crippen molar-refractivity contribution < 1.29 is 8.42 Å². The van der Waals surface area contributed by atoms with E-state index >= 15 is 0 Å². The molecule has 0 radical (unpaired) electrons. The standard InChI is InChI=1S/C6H7N5O2S/c12-14(13,5-1-2-7-3-5)11-6-8-4-9-10-6/h1-4,7H,(H2,8,9,10,11). The van der Waals surface area contributed by atoms with Gasteiger partial charge in [-0.1, -0.05) is 0 Å². The van der Waals surface area contributed by atoms with Crippen LogP contribution in [0, 0.1) is 0 Å². The molecule has 0 saturated carbocycles. The third-order valence-electron chi connectivity index (χ3n) is 1.53. The summed E-state index contributed by atoms with van der Waals surface area (Å²) in [5, 5.41) is 5.91. The summed E-state index contributed by atoms with van der Waals surface area (Å²) in [5.41, 5.74) is 0. The Bertz CT molecular complexity index is 486. The SMILES string of the molecule is O=S(=O)(Nc1ncn[nH]1)c1cc[nH]c1. The van der Waals surface area contributed by atoms with Crippen molar-refractivity contribution in [2.45, 2.75) is 4.90 Å². The average Bonchev–Trinajstić information content (AvgIpc) is 2.71. The number of nitrogens with one attached hydrogen (secondary N) is 3. The molecular weight excluding hydrogens is 206 g/mol. The molecule has 2 heterocycles. The largest absolute Gasteiger partial charge is 0.366 e. The fourth-order valence-electron chi connectivity index (χ4n) is 0.917. The van der Waals surface area contributed by atoms with Gasteiger partial charge in [0.15, 0.2) is 0 Å². The minimum Gasteiger partial charge on any atom is -0.366 e. The van der Waals surface area contributed by atoms with Crippen LogP contribution < -0.4 is 4.72 Å². The minimum atomic E-state index is -3.55. The van der Waals surface area contributed by atoms with Crippen LogP contribution in [0.5, 0.6) is 0 Å². The van der Waals surface area contributed by atoms with Gasteiger partial charge < -0.3 is 4.98 Å². The van der Waals surface area contributed by atoms with Gasteiger partial charge in [-0.2, -0.15) is 10.1 Å². The topological polar surface area (TPSA) is 104 Å². The van der Waals surface area contributed by atoms with Crippen LogP contribution in [0.2, 0.25) is 0 Å². The van der Waals surface area contributed by atoms with Crippen molar-refractivity contribution in [1.29, 1.82) is 0 Å². The number of hydrogen-bond acceptors (Lipinski definition) is 4. The van der Waals surface area contributed by atoms with E-state index in [0.29, 0.717) is 0 Å². The third kappa shape index (κ3) is 1.59. The second-order valence-corrected chi connectivity index (χ2v) is 4.17. The van der Waals surface area contributed by atoms with E-state index in [1.54, 1.807) is 0 Å². The van der Waals surface area contributed by atoms with Gasteiger partial charge in [0.25, 0.3) is 10.0 Å². The first-order chi connectivity index (χ1) is 6.68. The molecule has 0 aromatic carbocycles. The number of aromatic amines is 2. The van der Waals surface area contributed by atoms with E-state index in [-0.39, 0.29) is 10.8 Å². The van der Waals surface area contributed by atoms with Crippen molar-refractivity contribution >= 4 is 16.0 Å². The van der Waals surface area contributed by atoms with E-state index < -0.39 is 10.0 Å². The lowest BCUT2D eigenvalue weighted by atomic mass is 10.7. The monoisotopic (exact) mass is 213 g/mol. The lowest BCUT2D eigenvalue weighted by Gasteiger charge is -2.00. The predicted molar refractivity (Wildman–Crippen MR) is 48.0 cm³/mol. The van der Waals surface area contributed by atoms with Gasteiger partial charge in [0, 0.05) is 12.4 Å².